The summed E-state index contributed by atoms with van der Waals surface area (Å²) in [7, 11) is 0. The molecule has 1 aliphatic heterocycles. The van der Waals surface area contributed by atoms with Gasteiger partial charge in [0.1, 0.15) is 0 Å². The largest absolute Gasteiger partial charge is 0.481 e. The van der Waals surface area contributed by atoms with Crippen LogP contribution < -0.4 is 0 Å². The minimum Gasteiger partial charge on any atom is -0.481 e. The highest BCUT2D eigenvalue weighted by Crippen LogP contribution is 2.30. The average molecular weight is 261 g/mol. The van der Waals surface area contributed by atoms with Gasteiger partial charge >= 0.3 is 5.97 Å². The molecule has 0 bridgehead atoms. The Bertz CT molecular complexity index is 484. The summed E-state index contributed by atoms with van der Waals surface area (Å²) >= 11 is 0. The number of nitrogens with zero attached hydrogens (tertiary/aromatic N) is 1. The Labute approximate surface area is 115 Å². The van der Waals surface area contributed by atoms with E-state index < -0.39 is 11.4 Å². The van der Waals surface area contributed by atoms with E-state index in [-0.39, 0.29) is 0 Å². The van der Waals surface area contributed by atoms with E-state index in [1.807, 2.05) is 6.92 Å². The number of likely N-dealkylation sites (tertiary alicyclic amines) is 1. The molecule has 0 amide bonds. The fourth-order valence-corrected chi connectivity index (χ4v) is 2.87. The van der Waals surface area contributed by atoms with Crippen molar-refractivity contribution in [2.75, 3.05) is 13.1 Å². The molecular formula is C16H23NO2. The lowest BCUT2D eigenvalue weighted by Crippen LogP contribution is -2.45. The second kappa shape index (κ2) is 5.33. The molecule has 19 heavy (non-hydrogen) atoms. The number of rotatable bonds is 3. The van der Waals surface area contributed by atoms with Crippen LogP contribution in [0.3, 0.4) is 0 Å². The minimum atomic E-state index is -0.668. The van der Waals surface area contributed by atoms with Crippen LogP contribution in [0.5, 0.6) is 0 Å². The van der Waals surface area contributed by atoms with Crippen molar-refractivity contribution in [3.63, 3.8) is 0 Å². The second-order valence-corrected chi connectivity index (χ2v) is 6.11. The van der Waals surface area contributed by atoms with Gasteiger partial charge in [-0.25, -0.2) is 0 Å². The van der Waals surface area contributed by atoms with Crippen molar-refractivity contribution in [1.29, 1.82) is 0 Å². The molecule has 3 heteroatoms. The first kappa shape index (κ1) is 14.1. The zero-order valence-electron chi connectivity index (χ0n) is 12.1. The van der Waals surface area contributed by atoms with Crippen LogP contribution in [0.15, 0.2) is 18.2 Å². The Hall–Kier alpha value is -1.35. The quantitative estimate of drug-likeness (QED) is 0.909. The normalized spacial score (nSPS) is 24.4. The number of carboxylic acids is 1. The molecule has 1 fully saturated rings. The third-order valence-electron chi connectivity index (χ3n) is 4.19. The highest BCUT2D eigenvalue weighted by Gasteiger charge is 2.37. The molecule has 3 nitrogen and oxygen atoms in total. The number of aliphatic carboxylic acids is 1. The standard InChI is InChI=1S/C16H23NO2/c1-12-5-6-13(2)14(9-12)10-17-8-4-7-16(3,11-17)15(18)19/h5-6,9H,4,7-8,10-11H2,1-3H3,(H,18,19). The Morgan fingerprint density at radius 1 is 1.42 bits per heavy atom. The number of hydrogen-bond acceptors (Lipinski definition) is 2. The van der Waals surface area contributed by atoms with E-state index in [9.17, 15) is 9.90 Å². The van der Waals surface area contributed by atoms with E-state index in [4.69, 9.17) is 0 Å². The van der Waals surface area contributed by atoms with Crippen molar-refractivity contribution < 1.29 is 9.90 Å². The van der Waals surface area contributed by atoms with E-state index >= 15 is 0 Å². The van der Waals surface area contributed by atoms with Gasteiger partial charge in [-0.2, -0.15) is 0 Å². The van der Waals surface area contributed by atoms with Gasteiger partial charge in [-0.3, -0.25) is 9.69 Å². The van der Waals surface area contributed by atoms with Gasteiger partial charge < -0.3 is 5.11 Å². The summed E-state index contributed by atoms with van der Waals surface area (Å²) in [6.45, 7) is 8.59. The molecule has 0 aromatic heterocycles. The van der Waals surface area contributed by atoms with E-state index in [0.29, 0.717) is 6.54 Å². The van der Waals surface area contributed by atoms with Gasteiger partial charge in [0, 0.05) is 13.1 Å². The fraction of sp³-hybridized carbons (Fsp3) is 0.562. The van der Waals surface area contributed by atoms with Crippen LogP contribution in [0.25, 0.3) is 0 Å². The molecule has 1 N–H and O–H groups in total. The second-order valence-electron chi connectivity index (χ2n) is 6.11. The van der Waals surface area contributed by atoms with Crippen molar-refractivity contribution in [3.05, 3.63) is 34.9 Å². The first-order valence-corrected chi connectivity index (χ1v) is 6.93. The number of hydrogen-bond donors (Lipinski definition) is 1. The maximum atomic E-state index is 11.4. The number of benzene rings is 1. The summed E-state index contributed by atoms with van der Waals surface area (Å²) in [5.41, 5.74) is 3.28. The van der Waals surface area contributed by atoms with Crippen molar-refractivity contribution in [2.45, 2.75) is 40.2 Å². The highest BCUT2D eigenvalue weighted by molar-refractivity contribution is 5.74. The monoisotopic (exact) mass is 261 g/mol. The lowest BCUT2D eigenvalue weighted by atomic mass is 9.82. The molecule has 0 saturated carbocycles. The molecule has 1 aromatic carbocycles. The Morgan fingerprint density at radius 2 is 2.16 bits per heavy atom. The smallest absolute Gasteiger partial charge is 0.310 e. The third-order valence-corrected chi connectivity index (χ3v) is 4.19. The molecule has 0 radical (unpaired) electrons. The van der Waals surface area contributed by atoms with E-state index in [0.717, 1.165) is 25.9 Å². The lowest BCUT2D eigenvalue weighted by molar-refractivity contribution is -0.151. The maximum absolute atomic E-state index is 11.4. The van der Waals surface area contributed by atoms with Gasteiger partial charge in [-0.15, -0.1) is 0 Å². The summed E-state index contributed by atoms with van der Waals surface area (Å²) in [5.74, 6) is -0.668. The van der Waals surface area contributed by atoms with Crippen molar-refractivity contribution in [3.8, 4) is 0 Å². The van der Waals surface area contributed by atoms with Crippen LogP contribution in [0.1, 0.15) is 36.5 Å². The summed E-state index contributed by atoms with van der Waals surface area (Å²) in [4.78, 5) is 13.6. The van der Waals surface area contributed by atoms with Crippen LogP contribution in [0, 0.1) is 19.3 Å². The molecule has 1 atom stereocenters. The molecule has 1 heterocycles. The maximum Gasteiger partial charge on any atom is 0.310 e. The molecule has 0 aliphatic carbocycles. The first-order valence-electron chi connectivity index (χ1n) is 6.93. The molecule has 0 spiro atoms. The minimum absolute atomic E-state index is 0.587. The molecular weight excluding hydrogens is 238 g/mol. The summed E-state index contributed by atoms with van der Waals surface area (Å²) in [6.07, 6.45) is 1.75. The van der Waals surface area contributed by atoms with Gasteiger partial charge in [0.2, 0.25) is 0 Å². The third kappa shape index (κ3) is 3.16. The van der Waals surface area contributed by atoms with Gasteiger partial charge in [0.25, 0.3) is 0 Å². The topological polar surface area (TPSA) is 40.5 Å². The number of piperidine rings is 1. The van der Waals surface area contributed by atoms with E-state index in [2.05, 4.69) is 36.9 Å². The molecule has 104 valence electrons. The molecule has 1 aliphatic rings. The zero-order chi connectivity index (χ0) is 14.0. The summed E-state index contributed by atoms with van der Waals surface area (Å²) in [5, 5.41) is 9.35. The zero-order valence-corrected chi connectivity index (χ0v) is 12.1. The molecule has 1 aromatic rings. The number of aryl methyl sites for hydroxylation is 2. The van der Waals surface area contributed by atoms with Crippen LogP contribution in [-0.2, 0) is 11.3 Å². The van der Waals surface area contributed by atoms with Gasteiger partial charge in [-0.05, 0) is 51.3 Å². The molecule has 1 saturated heterocycles. The number of carboxylic acid groups (broad SMARTS) is 1. The number of carbonyl (C=O) groups is 1. The van der Waals surface area contributed by atoms with E-state index in [1.54, 1.807) is 0 Å². The molecule has 1 unspecified atom stereocenters. The SMILES string of the molecule is Cc1ccc(C)c(CN2CCCC(C)(C(=O)O)C2)c1. The highest BCUT2D eigenvalue weighted by atomic mass is 16.4. The van der Waals surface area contributed by atoms with Crippen molar-refractivity contribution >= 4 is 5.97 Å². The Balaban J connectivity index is 2.11. The van der Waals surface area contributed by atoms with Gasteiger partial charge in [0.15, 0.2) is 0 Å². The summed E-state index contributed by atoms with van der Waals surface area (Å²) in [6, 6.07) is 6.48. The lowest BCUT2D eigenvalue weighted by Gasteiger charge is -2.37. The van der Waals surface area contributed by atoms with E-state index in [1.165, 1.54) is 16.7 Å². The summed E-state index contributed by atoms with van der Waals surface area (Å²) < 4.78 is 0. The van der Waals surface area contributed by atoms with Gasteiger partial charge in [-0.1, -0.05) is 23.8 Å². The van der Waals surface area contributed by atoms with Crippen molar-refractivity contribution in [1.82, 2.24) is 4.90 Å². The molecule has 2 rings (SSSR count). The average Bonchev–Trinajstić information content (AvgIpc) is 2.34. The van der Waals surface area contributed by atoms with Crippen LogP contribution in [-0.4, -0.2) is 29.1 Å². The van der Waals surface area contributed by atoms with Crippen LogP contribution in [0.2, 0.25) is 0 Å². The Morgan fingerprint density at radius 3 is 2.84 bits per heavy atom. The fourth-order valence-electron chi connectivity index (χ4n) is 2.87. The predicted octanol–water partition coefficient (Wildman–Crippen LogP) is 2.99. The van der Waals surface area contributed by atoms with Gasteiger partial charge in [0.05, 0.1) is 5.41 Å². The van der Waals surface area contributed by atoms with Crippen molar-refractivity contribution in [2.24, 2.45) is 5.41 Å². The Kier molecular flexibility index (Phi) is 3.95. The van der Waals surface area contributed by atoms with Crippen LogP contribution in [0.4, 0.5) is 0 Å². The first-order chi connectivity index (χ1) is 8.90. The predicted molar refractivity (Wildman–Crippen MR) is 76.2 cm³/mol. The van der Waals surface area contributed by atoms with Crippen LogP contribution >= 0.6 is 0 Å².